The summed E-state index contributed by atoms with van der Waals surface area (Å²) in [7, 11) is 0. The fourth-order valence-electron chi connectivity index (χ4n) is 2.22. The van der Waals surface area contributed by atoms with Crippen LogP contribution in [0.5, 0.6) is 5.75 Å². The molecule has 0 saturated heterocycles. The minimum absolute atomic E-state index is 0.0636. The third kappa shape index (κ3) is 4.97. The molecule has 1 amide bonds. The first-order valence-electron chi connectivity index (χ1n) is 8.07. The Bertz CT molecular complexity index is 883. The molecule has 0 radical (unpaired) electrons. The molecule has 0 aliphatic heterocycles. The van der Waals surface area contributed by atoms with E-state index in [4.69, 9.17) is 16.3 Å². The van der Waals surface area contributed by atoms with Gasteiger partial charge in [0.25, 0.3) is 5.91 Å². The Labute approximate surface area is 157 Å². The van der Waals surface area contributed by atoms with Crippen molar-refractivity contribution in [3.05, 3.63) is 77.4 Å². The number of aromatic nitrogens is 1. The second-order valence-electron chi connectivity index (χ2n) is 5.67. The lowest BCUT2D eigenvalue weighted by atomic mass is 10.2. The maximum Gasteiger partial charge on any atom is 0.262 e. The average molecular weight is 368 g/mol. The number of benzene rings is 2. The van der Waals surface area contributed by atoms with E-state index in [2.05, 4.69) is 15.6 Å². The van der Waals surface area contributed by atoms with Crippen molar-refractivity contribution in [1.29, 1.82) is 0 Å². The minimum Gasteiger partial charge on any atom is -0.484 e. The van der Waals surface area contributed by atoms with E-state index in [-0.39, 0.29) is 12.5 Å². The number of hydrogen-bond acceptors (Lipinski definition) is 4. The van der Waals surface area contributed by atoms with Crippen molar-refractivity contribution >= 4 is 34.7 Å². The normalized spacial score (nSPS) is 10.2. The molecule has 0 atom stereocenters. The lowest BCUT2D eigenvalue weighted by Crippen LogP contribution is -2.20. The van der Waals surface area contributed by atoms with Crippen molar-refractivity contribution in [3.63, 3.8) is 0 Å². The van der Waals surface area contributed by atoms with Gasteiger partial charge in [0, 0.05) is 10.7 Å². The van der Waals surface area contributed by atoms with E-state index >= 15 is 0 Å². The SMILES string of the molecule is Cc1ccc(Nc2ccc(NC(=O)COc3ccccc3)cn2)cc1Cl. The van der Waals surface area contributed by atoms with Crippen LogP contribution < -0.4 is 15.4 Å². The van der Waals surface area contributed by atoms with Crippen LogP contribution >= 0.6 is 11.6 Å². The van der Waals surface area contributed by atoms with Gasteiger partial charge in [0.2, 0.25) is 0 Å². The van der Waals surface area contributed by atoms with Gasteiger partial charge < -0.3 is 15.4 Å². The second-order valence-corrected chi connectivity index (χ2v) is 6.08. The molecule has 0 spiro atoms. The predicted molar refractivity (Wildman–Crippen MR) is 104 cm³/mol. The Hall–Kier alpha value is -3.05. The van der Waals surface area contributed by atoms with E-state index in [0.29, 0.717) is 22.3 Å². The van der Waals surface area contributed by atoms with Crippen molar-refractivity contribution in [1.82, 2.24) is 4.98 Å². The molecule has 3 rings (SSSR count). The van der Waals surface area contributed by atoms with Gasteiger partial charge in [-0.25, -0.2) is 4.98 Å². The van der Waals surface area contributed by atoms with Crippen LogP contribution in [0.25, 0.3) is 0 Å². The maximum atomic E-state index is 11.9. The van der Waals surface area contributed by atoms with E-state index in [1.165, 1.54) is 0 Å². The number of halogens is 1. The number of rotatable bonds is 6. The summed E-state index contributed by atoms with van der Waals surface area (Å²) in [5.74, 6) is 1.06. The molecule has 1 aromatic heterocycles. The number of ether oxygens (including phenoxy) is 1. The van der Waals surface area contributed by atoms with Crippen LogP contribution in [0.1, 0.15) is 5.56 Å². The Balaban J connectivity index is 1.53. The molecule has 26 heavy (non-hydrogen) atoms. The highest BCUT2D eigenvalue weighted by Crippen LogP contribution is 2.22. The Morgan fingerprint density at radius 2 is 1.85 bits per heavy atom. The fraction of sp³-hybridized carbons (Fsp3) is 0.100. The van der Waals surface area contributed by atoms with Crippen LogP contribution in [0.4, 0.5) is 17.2 Å². The summed E-state index contributed by atoms with van der Waals surface area (Å²) in [6.45, 7) is 1.88. The number of pyridine rings is 1. The molecule has 6 heteroatoms. The van der Waals surface area contributed by atoms with E-state index < -0.39 is 0 Å². The summed E-state index contributed by atoms with van der Waals surface area (Å²) in [5.41, 5.74) is 2.46. The van der Waals surface area contributed by atoms with Crippen molar-refractivity contribution in [3.8, 4) is 5.75 Å². The highest BCUT2D eigenvalue weighted by atomic mass is 35.5. The average Bonchev–Trinajstić information content (AvgIpc) is 2.65. The number of nitrogens with zero attached hydrogens (tertiary/aromatic N) is 1. The molecule has 2 N–H and O–H groups in total. The molecule has 0 saturated carbocycles. The first-order chi connectivity index (χ1) is 12.6. The van der Waals surface area contributed by atoms with E-state index in [1.807, 2.05) is 43.3 Å². The van der Waals surface area contributed by atoms with Crippen LogP contribution in [0.2, 0.25) is 5.02 Å². The summed E-state index contributed by atoms with van der Waals surface area (Å²) < 4.78 is 5.41. The standard InChI is InChI=1S/C20H18ClN3O2/c1-14-7-8-15(11-18(14)21)23-19-10-9-16(12-22-19)24-20(25)13-26-17-5-3-2-4-6-17/h2-12H,13H2,1H3,(H,22,23)(H,24,25). The Morgan fingerprint density at radius 1 is 1.08 bits per heavy atom. The molecule has 0 aliphatic carbocycles. The zero-order valence-corrected chi connectivity index (χ0v) is 15.0. The van der Waals surface area contributed by atoms with Crippen molar-refractivity contribution in [2.24, 2.45) is 0 Å². The zero-order chi connectivity index (χ0) is 18.4. The summed E-state index contributed by atoms with van der Waals surface area (Å²) in [4.78, 5) is 16.2. The number of nitrogens with one attached hydrogen (secondary N) is 2. The Kier molecular flexibility index (Phi) is 5.71. The van der Waals surface area contributed by atoms with Gasteiger partial charge in [0.05, 0.1) is 11.9 Å². The van der Waals surface area contributed by atoms with Crippen LogP contribution in [-0.4, -0.2) is 17.5 Å². The van der Waals surface area contributed by atoms with Gasteiger partial charge in [-0.05, 0) is 48.9 Å². The molecule has 0 bridgehead atoms. The smallest absolute Gasteiger partial charge is 0.262 e. The Morgan fingerprint density at radius 3 is 2.54 bits per heavy atom. The van der Waals surface area contributed by atoms with Crippen LogP contribution in [-0.2, 0) is 4.79 Å². The van der Waals surface area contributed by atoms with Gasteiger partial charge in [-0.1, -0.05) is 35.9 Å². The monoisotopic (exact) mass is 367 g/mol. The van der Waals surface area contributed by atoms with E-state index in [9.17, 15) is 4.79 Å². The van der Waals surface area contributed by atoms with E-state index in [1.54, 1.807) is 30.5 Å². The number of carbonyl (C=O) groups excluding carboxylic acids is 1. The molecule has 3 aromatic rings. The van der Waals surface area contributed by atoms with Crippen molar-refractivity contribution in [2.45, 2.75) is 6.92 Å². The molecular weight excluding hydrogens is 350 g/mol. The van der Waals surface area contributed by atoms with Gasteiger partial charge in [0.15, 0.2) is 6.61 Å². The second kappa shape index (κ2) is 8.36. The first kappa shape index (κ1) is 17.8. The number of hydrogen-bond donors (Lipinski definition) is 2. The molecule has 0 unspecified atom stereocenters. The quantitative estimate of drug-likeness (QED) is 0.656. The molecule has 132 valence electrons. The molecule has 0 aliphatic rings. The highest BCUT2D eigenvalue weighted by molar-refractivity contribution is 6.31. The number of anilines is 3. The summed E-state index contributed by atoms with van der Waals surface area (Å²) >= 11 is 6.12. The van der Waals surface area contributed by atoms with Crippen LogP contribution in [0, 0.1) is 6.92 Å². The van der Waals surface area contributed by atoms with E-state index in [0.717, 1.165) is 11.3 Å². The van der Waals surface area contributed by atoms with Gasteiger partial charge >= 0.3 is 0 Å². The number of carbonyl (C=O) groups is 1. The largest absolute Gasteiger partial charge is 0.484 e. The summed E-state index contributed by atoms with van der Waals surface area (Å²) in [6.07, 6.45) is 1.58. The van der Waals surface area contributed by atoms with Crippen molar-refractivity contribution in [2.75, 3.05) is 17.2 Å². The molecule has 0 fully saturated rings. The van der Waals surface area contributed by atoms with Gasteiger partial charge in [-0.2, -0.15) is 0 Å². The third-order valence-electron chi connectivity index (χ3n) is 3.60. The summed E-state index contributed by atoms with van der Waals surface area (Å²) in [5, 5.41) is 6.60. The minimum atomic E-state index is -0.248. The maximum absolute atomic E-state index is 11.9. The van der Waals surface area contributed by atoms with Crippen LogP contribution in [0.15, 0.2) is 66.9 Å². The van der Waals surface area contributed by atoms with Crippen molar-refractivity contribution < 1.29 is 9.53 Å². The number of para-hydroxylation sites is 1. The lowest BCUT2D eigenvalue weighted by molar-refractivity contribution is -0.118. The molecular formula is C20H18ClN3O2. The van der Waals surface area contributed by atoms with Gasteiger partial charge in [0.1, 0.15) is 11.6 Å². The highest BCUT2D eigenvalue weighted by Gasteiger charge is 2.05. The van der Waals surface area contributed by atoms with Gasteiger partial charge in [-0.15, -0.1) is 0 Å². The number of amides is 1. The van der Waals surface area contributed by atoms with Crippen LogP contribution in [0.3, 0.4) is 0 Å². The fourth-order valence-corrected chi connectivity index (χ4v) is 2.40. The topological polar surface area (TPSA) is 63.2 Å². The molecule has 1 heterocycles. The molecule has 5 nitrogen and oxygen atoms in total. The third-order valence-corrected chi connectivity index (χ3v) is 4.01. The molecule has 2 aromatic carbocycles. The predicted octanol–water partition coefficient (Wildman–Crippen LogP) is 4.80. The first-order valence-corrected chi connectivity index (χ1v) is 8.45. The lowest BCUT2D eigenvalue weighted by Gasteiger charge is -2.09. The summed E-state index contributed by atoms with van der Waals surface area (Å²) in [6, 6.07) is 18.4. The number of aryl methyl sites for hydroxylation is 1. The zero-order valence-electron chi connectivity index (χ0n) is 14.2. The van der Waals surface area contributed by atoms with Gasteiger partial charge in [-0.3, -0.25) is 4.79 Å².